The van der Waals surface area contributed by atoms with E-state index < -0.39 is 11.0 Å². The predicted molar refractivity (Wildman–Crippen MR) is 107 cm³/mol. The fourth-order valence-corrected chi connectivity index (χ4v) is 7.35. The molecular weight excluding hydrogens is 352 g/mol. The van der Waals surface area contributed by atoms with E-state index in [0.29, 0.717) is 11.8 Å². The van der Waals surface area contributed by atoms with Crippen LogP contribution in [0.1, 0.15) is 73.1 Å². The first-order chi connectivity index (χ1) is 13.0. The Morgan fingerprint density at radius 3 is 2.54 bits per heavy atom. The smallest absolute Gasteiger partial charge is 0.302 e. The van der Waals surface area contributed by atoms with Crippen molar-refractivity contribution >= 4 is 11.8 Å². The summed E-state index contributed by atoms with van der Waals surface area (Å²) in [6.45, 7) is 9.44. The van der Waals surface area contributed by atoms with Gasteiger partial charge in [-0.3, -0.25) is 9.59 Å². The average molecular weight is 387 g/mol. The first-order valence-electron chi connectivity index (χ1n) is 10.8. The molecule has 0 saturated heterocycles. The Morgan fingerprint density at radius 1 is 1.18 bits per heavy atom. The van der Waals surface area contributed by atoms with E-state index in [1.165, 1.54) is 19.4 Å². The van der Waals surface area contributed by atoms with Crippen LogP contribution in [0.4, 0.5) is 0 Å². The summed E-state index contributed by atoms with van der Waals surface area (Å²) in [6, 6.07) is 0. The van der Waals surface area contributed by atoms with Gasteiger partial charge in [0.25, 0.3) is 0 Å². The first kappa shape index (κ1) is 19.9. The second-order valence-electron chi connectivity index (χ2n) is 10.2. The maximum Gasteiger partial charge on any atom is 0.302 e. The minimum Gasteiger partial charge on any atom is -0.463 e. The molecule has 154 valence electrons. The predicted octanol–water partition coefficient (Wildman–Crippen LogP) is 4.37. The summed E-state index contributed by atoms with van der Waals surface area (Å²) in [5.74, 6) is 0.838. The van der Waals surface area contributed by atoms with Crippen LogP contribution < -0.4 is 0 Å². The molecule has 0 amide bonds. The van der Waals surface area contributed by atoms with Gasteiger partial charge in [0.05, 0.1) is 0 Å². The van der Waals surface area contributed by atoms with Gasteiger partial charge in [-0.15, -0.1) is 0 Å². The molecule has 4 aliphatic carbocycles. The molecule has 0 heterocycles. The number of esters is 1. The SMILES string of the molecule is CC(=O)OC1CC[C@]2(C)C3=CC[C@@]4(C)[C@@H](C=C(C)[C@]4(O)C(C)=O)[C@@H]3CCC2C1. The van der Waals surface area contributed by atoms with Crippen LogP contribution in [0.5, 0.6) is 0 Å². The number of carbonyl (C=O) groups is 2. The van der Waals surface area contributed by atoms with Gasteiger partial charge in [-0.25, -0.2) is 0 Å². The van der Waals surface area contributed by atoms with Gasteiger partial charge in [0.2, 0.25) is 0 Å². The Hall–Kier alpha value is -1.42. The monoisotopic (exact) mass is 386 g/mol. The fourth-order valence-electron chi connectivity index (χ4n) is 7.35. The van der Waals surface area contributed by atoms with E-state index in [2.05, 4.69) is 26.0 Å². The number of aliphatic hydroxyl groups is 1. The molecule has 0 aromatic rings. The van der Waals surface area contributed by atoms with Crippen molar-refractivity contribution in [2.45, 2.75) is 84.8 Å². The molecule has 0 aromatic carbocycles. The Bertz CT molecular complexity index is 779. The summed E-state index contributed by atoms with van der Waals surface area (Å²) in [5.41, 5.74) is 0.705. The molecule has 0 bridgehead atoms. The quantitative estimate of drug-likeness (QED) is 0.565. The Balaban J connectivity index is 1.66. The van der Waals surface area contributed by atoms with Gasteiger partial charge in [-0.1, -0.05) is 31.6 Å². The summed E-state index contributed by atoms with van der Waals surface area (Å²) < 4.78 is 5.54. The number of ketones is 1. The maximum absolute atomic E-state index is 12.5. The minimum absolute atomic E-state index is 0.0537. The van der Waals surface area contributed by atoms with Crippen LogP contribution in [-0.2, 0) is 14.3 Å². The molecule has 4 rings (SSSR count). The van der Waals surface area contributed by atoms with Crippen molar-refractivity contribution in [3.8, 4) is 0 Å². The molecule has 2 fully saturated rings. The molecule has 1 N–H and O–H groups in total. The van der Waals surface area contributed by atoms with Gasteiger partial charge in [-0.05, 0) is 81.1 Å². The van der Waals surface area contributed by atoms with Crippen molar-refractivity contribution < 1.29 is 19.4 Å². The number of hydrogen-bond acceptors (Lipinski definition) is 4. The maximum atomic E-state index is 12.5. The minimum atomic E-state index is -1.34. The lowest BCUT2D eigenvalue weighted by Gasteiger charge is -2.57. The molecule has 0 radical (unpaired) electrons. The third-order valence-electron chi connectivity index (χ3n) is 8.90. The van der Waals surface area contributed by atoms with E-state index in [-0.39, 0.29) is 29.2 Å². The van der Waals surface area contributed by atoms with Gasteiger partial charge in [0.15, 0.2) is 5.78 Å². The third-order valence-corrected chi connectivity index (χ3v) is 8.90. The highest BCUT2D eigenvalue weighted by molar-refractivity contribution is 5.90. The van der Waals surface area contributed by atoms with E-state index in [9.17, 15) is 14.7 Å². The Morgan fingerprint density at radius 2 is 1.89 bits per heavy atom. The lowest BCUT2D eigenvalue weighted by Crippen LogP contribution is -2.56. The van der Waals surface area contributed by atoms with Crippen molar-refractivity contribution in [2.75, 3.05) is 0 Å². The average Bonchev–Trinajstić information content (AvgIpc) is 2.83. The van der Waals surface area contributed by atoms with Gasteiger partial charge < -0.3 is 9.84 Å². The second kappa shape index (κ2) is 6.29. The summed E-state index contributed by atoms with van der Waals surface area (Å²) in [4.78, 5) is 23.9. The molecule has 0 spiro atoms. The van der Waals surface area contributed by atoms with E-state index in [1.54, 1.807) is 0 Å². The zero-order valence-corrected chi connectivity index (χ0v) is 17.9. The standard InChI is InChI=1S/C24H34O4/c1-14-12-21-19-7-6-17-13-18(28-16(3)26)8-10-22(17,4)20(19)9-11-23(21,5)24(14,27)15(2)25/h9,12,17-19,21,27H,6-8,10-11,13H2,1-5H3/t17?,18?,19-,21+,22+,23+,24+/m1/s1. The molecule has 4 nitrogen and oxygen atoms in total. The molecule has 2 saturated carbocycles. The molecule has 28 heavy (non-hydrogen) atoms. The molecule has 0 aromatic heterocycles. The largest absolute Gasteiger partial charge is 0.463 e. The van der Waals surface area contributed by atoms with E-state index >= 15 is 0 Å². The zero-order chi connectivity index (χ0) is 20.5. The van der Waals surface area contributed by atoms with Crippen molar-refractivity contribution in [3.63, 3.8) is 0 Å². The Kier molecular flexibility index (Phi) is 4.46. The Labute approximate surface area is 168 Å². The first-order valence-corrected chi connectivity index (χ1v) is 10.8. The highest BCUT2D eigenvalue weighted by Gasteiger charge is 2.63. The number of carbonyl (C=O) groups excluding carboxylic acids is 2. The van der Waals surface area contributed by atoms with Crippen molar-refractivity contribution in [3.05, 3.63) is 23.3 Å². The van der Waals surface area contributed by atoms with E-state index in [1.807, 2.05) is 6.92 Å². The fraction of sp³-hybridized carbons (Fsp3) is 0.750. The van der Waals surface area contributed by atoms with Crippen LogP contribution in [-0.4, -0.2) is 28.6 Å². The van der Waals surface area contributed by atoms with Gasteiger partial charge >= 0.3 is 5.97 Å². The van der Waals surface area contributed by atoms with Crippen molar-refractivity contribution in [1.82, 2.24) is 0 Å². The van der Waals surface area contributed by atoms with Crippen LogP contribution in [0.3, 0.4) is 0 Å². The number of allylic oxidation sites excluding steroid dienone is 3. The molecule has 4 aliphatic rings. The van der Waals surface area contributed by atoms with Gasteiger partial charge in [0.1, 0.15) is 11.7 Å². The molecule has 7 atom stereocenters. The van der Waals surface area contributed by atoms with E-state index in [0.717, 1.165) is 44.1 Å². The zero-order valence-electron chi connectivity index (χ0n) is 17.9. The number of rotatable bonds is 2. The highest BCUT2D eigenvalue weighted by atomic mass is 16.5. The number of ether oxygens (including phenoxy) is 1. The number of fused-ring (bicyclic) bond motifs is 5. The molecule has 4 heteroatoms. The molecular formula is C24H34O4. The number of Topliss-reactive ketones (excluding diaryl/α,β-unsaturated/α-hetero) is 1. The normalized spacial score (nSPS) is 47.2. The number of hydrogen-bond donors (Lipinski definition) is 1. The van der Waals surface area contributed by atoms with Crippen molar-refractivity contribution in [1.29, 1.82) is 0 Å². The third kappa shape index (κ3) is 2.46. The lowest BCUT2D eigenvalue weighted by atomic mass is 9.48. The summed E-state index contributed by atoms with van der Waals surface area (Å²) >= 11 is 0. The van der Waals surface area contributed by atoms with Crippen LogP contribution >= 0.6 is 0 Å². The summed E-state index contributed by atoms with van der Waals surface area (Å²) in [6.07, 6.45) is 10.5. The highest BCUT2D eigenvalue weighted by Crippen LogP contribution is 2.65. The van der Waals surface area contributed by atoms with Gasteiger partial charge in [-0.2, -0.15) is 0 Å². The van der Waals surface area contributed by atoms with Gasteiger partial charge in [0, 0.05) is 12.3 Å². The summed E-state index contributed by atoms with van der Waals surface area (Å²) in [5, 5.41) is 11.4. The topological polar surface area (TPSA) is 63.6 Å². The van der Waals surface area contributed by atoms with Crippen LogP contribution in [0.25, 0.3) is 0 Å². The van der Waals surface area contributed by atoms with Crippen LogP contribution in [0.2, 0.25) is 0 Å². The summed E-state index contributed by atoms with van der Waals surface area (Å²) in [7, 11) is 0. The molecule has 2 unspecified atom stereocenters. The lowest BCUT2D eigenvalue weighted by molar-refractivity contribution is -0.152. The second-order valence-corrected chi connectivity index (χ2v) is 10.2. The van der Waals surface area contributed by atoms with E-state index in [4.69, 9.17) is 4.74 Å². The van der Waals surface area contributed by atoms with Crippen LogP contribution in [0.15, 0.2) is 23.3 Å². The molecule has 0 aliphatic heterocycles. The van der Waals surface area contributed by atoms with Crippen LogP contribution in [0, 0.1) is 28.6 Å². The van der Waals surface area contributed by atoms with Crippen molar-refractivity contribution in [2.24, 2.45) is 28.6 Å².